The van der Waals surface area contributed by atoms with Gasteiger partial charge in [0.2, 0.25) is 0 Å². The zero-order valence-corrected chi connectivity index (χ0v) is 19.1. The molecular weight excluding hydrogens is 434 g/mol. The summed E-state index contributed by atoms with van der Waals surface area (Å²) in [7, 11) is 0. The number of nitrogens with zero attached hydrogens (tertiary/aromatic N) is 4. The van der Waals surface area contributed by atoms with Gasteiger partial charge in [0, 0.05) is 37.9 Å². The molecule has 1 aromatic carbocycles. The van der Waals surface area contributed by atoms with Crippen molar-refractivity contribution in [2.24, 2.45) is 10.7 Å². The van der Waals surface area contributed by atoms with Gasteiger partial charge in [0.1, 0.15) is 24.0 Å². The first kappa shape index (κ1) is 21.0. The van der Waals surface area contributed by atoms with Crippen LogP contribution in [0.4, 0.5) is 17.3 Å². The fourth-order valence-corrected chi connectivity index (χ4v) is 4.75. The lowest BCUT2D eigenvalue weighted by atomic mass is 10.0. The predicted octanol–water partition coefficient (Wildman–Crippen LogP) is 2.21. The summed E-state index contributed by atoms with van der Waals surface area (Å²) in [5, 5.41) is 22.2. The van der Waals surface area contributed by atoms with Gasteiger partial charge in [-0.2, -0.15) is 10.2 Å². The number of hydrogen-bond acceptors (Lipinski definition) is 9. The number of benzene rings is 1. The number of nitrogens with two attached hydrogens (primary N) is 1. The van der Waals surface area contributed by atoms with E-state index in [9.17, 15) is 0 Å². The zero-order valence-electron chi connectivity index (χ0n) is 19.1. The molecule has 6 rings (SSSR count). The van der Waals surface area contributed by atoms with Crippen LogP contribution < -0.4 is 26.4 Å². The molecule has 0 radical (unpaired) electrons. The highest BCUT2D eigenvalue weighted by atomic mass is 16.5. The Balaban J connectivity index is 1.35. The summed E-state index contributed by atoms with van der Waals surface area (Å²) in [6, 6.07) is 8.27. The second-order valence-corrected chi connectivity index (χ2v) is 9.05. The molecule has 1 unspecified atom stereocenters. The van der Waals surface area contributed by atoms with E-state index in [1.54, 1.807) is 0 Å². The van der Waals surface area contributed by atoms with Gasteiger partial charge in [0.05, 0.1) is 23.5 Å². The van der Waals surface area contributed by atoms with Crippen molar-refractivity contribution >= 4 is 23.2 Å². The van der Waals surface area contributed by atoms with Crippen molar-refractivity contribution < 1.29 is 9.47 Å². The zero-order chi connectivity index (χ0) is 23.1. The van der Waals surface area contributed by atoms with E-state index >= 15 is 0 Å². The van der Waals surface area contributed by atoms with Crippen molar-refractivity contribution in [1.82, 2.24) is 20.0 Å². The Morgan fingerprint density at radius 3 is 2.94 bits per heavy atom. The Labute approximate surface area is 197 Å². The largest absolute Gasteiger partial charge is 0.490 e. The van der Waals surface area contributed by atoms with Gasteiger partial charge in [-0.25, -0.2) is 9.67 Å². The van der Waals surface area contributed by atoms with Crippen molar-refractivity contribution in [2.45, 2.75) is 38.0 Å². The molecule has 0 saturated carbocycles. The number of hydrogen-bond donors (Lipinski definition) is 5. The summed E-state index contributed by atoms with van der Waals surface area (Å²) in [5.41, 5.74) is 10.8. The van der Waals surface area contributed by atoms with Gasteiger partial charge in [0.15, 0.2) is 11.6 Å². The summed E-state index contributed by atoms with van der Waals surface area (Å²) < 4.78 is 13.3. The summed E-state index contributed by atoms with van der Waals surface area (Å²) in [4.78, 5) is 4.91. The molecule has 3 aliphatic rings. The van der Waals surface area contributed by atoms with E-state index < -0.39 is 5.79 Å². The first-order chi connectivity index (χ1) is 16.6. The monoisotopic (exact) mass is 463 g/mol. The maximum Gasteiger partial charge on any atom is 0.189 e. The summed E-state index contributed by atoms with van der Waals surface area (Å²) in [5.74, 6) is 1.96. The van der Waals surface area contributed by atoms with Crippen molar-refractivity contribution in [1.29, 1.82) is 0 Å². The normalized spacial score (nSPS) is 22.0. The molecule has 0 aliphatic carbocycles. The molecule has 11 heteroatoms. The van der Waals surface area contributed by atoms with Gasteiger partial charge in [-0.3, -0.25) is 10.8 Å². The molecule has 0 bridgehead atoms. The van der Waals surface area contributed by atoms with E-state index in [-0.39, 0.29) is 6.04 Å². The number of fused-ring (bicyclic) bond motifs is 2. The van der Waals surface area contributed by atoms with Crippen molar-refractivity contribution in [3.05, 3.63) is 47.3 Å². The van der Waals surface area contributed by atoms with Crippen molar-refractivity contribution in [3.8, 4) is 5.75 Å². The number of aryl methyl sites for hydroxylation is 1. The molecule has 1 saturated heterocycles. The highest BCUT2D eigenvalue weighted by molar-refractivity contribution is 6.12. The van der Waals surface area contributed by atoms with Crippen molar-refractivity contribution in [3.63, 3.8) is 0 Å². The van der Waals surface area contributed by atoms with Gasteiger partial charge in [0.25, 0.3) is 0 Å². The fourth-order valence-electron chi connectivity index (χ4n) is 4.75. The first-order valence-electron chi connectivity index (χ1n) is 11.7. The molecule has 5 heterocycles. The molecule has 6 N–H and O–H groups in total. The fraction of sp³-hybridized carbons (Fsp3) is 0.435. The van der Waals surface area contributed by atoms with E-state index in [1.807, 2.05) is 36.0 Å². The molecule has 11 nitrogen and oxygen atoms in total. The number of aromatic nitrogens is 4. The van der Waals surface area contributed by atoms with Crippen LogP contribution in [0.15, 0.2) is 35.5 Å². The minimum Gasteiger partial charge on any atom is -0.490 e. The van der Waals surface area contributed by atoms with Crippen LogP contribution >= 0.6 is 0 Å². The van der Waals surface area contributed by atoms with Gasteiger partial charge in [-0.05, 0) is 37.5 Å². The number of aromatic amines is 1. The molecular formula is C23H29N9O2. The molecule has 3 aliphatic heterocycles. The molecule has 1 fully saturated rings. The number of aliphatic imine (C=N–C) groups is 1. The van der Waals surface area contributed by atoms with Crippen LogP contribution in [0.1, 0.15) is 35.7 Å². The summed E-state index contributed by atoms with van der Waals surface area (Å²) in [6.45, 7) is 4.86. The Morgan fingerprint density at radius 2 is 2.12 bits per heavy atom. The van der Waals surface area contributed by atoms with Gasteiger partial charge in [-0.1, -0.05) is 6.07 Å². The number of H-pyrrole nitrogens is 1. The van der Waals surface area contributed by atoms with Crippen LogP contribution in [-0.2, 0) is 11.2 Å². The molecule has 1 atom stereocenters. The Bertz CT molecular complexity index is 1230. The molecule has 2 aromatic heterocycles. The number of rotatable bonds is 4. The van der Waals surface area contributed by atoms with E-state index in [0.29, 0.717) is 24.7 Å². The maximum atomic E-state index is 6.90. The van der Waals surface area contributed by atoms with E-state index in [0.717, 1.165) is 66.7 Å². The lowest BCUT2D eigenvalue weighted by Gasteiger charge is -2.35. The van der Waals surface area contributed by atoms with E-state index in [1.165, 1.54) is 0 Å². The van der Waals surface area contributed by atoms with Crippen LogP contribution in [0, 0.1) is 6.92 Å². The second-order valence-electron chi connectivity index (χ2n) is 9.05. The molecule has 34 heavy (non-hydrogen) atoms. The van der Waals surface area contributed by atoms with E-state index in [2.05, 4.69) is 32.2 Å². The maximum absolute atomic E-state index is 6.90. The lowest BCUT2D eigenvalue weighted by Crippen LogP contribution is -2.52. The smallest absolute Gasteiger partial charge is 0.189 e. The van der Waals surface area contributed by atoms with Crippen LogP contribution in [0.25, 0.3) is 0 Å². The topological polar surface area (TPSA) is 139 Å². The third-order valence-corrected chi connectivity index (χ3v) is 6.38. The SMILES string of the molecule is Cc1cc(NC2=NC(N)(Cc3ccc4c(c3)NCCO4)Nc3c2cnn3C2CCOCC2)n[nH]1. The Kier molecular flexibility index (Phi) is 5.15. The number of ether oxygens (including phenoxy) is 2. The highest BCUT2D eigenvalue weighted by Gasteiger charge is 2.36. The van der Waals surface area contributed by atoms with Crippen LogP contribution in [0.2, 0.25) is 0 Å². The first-order valence-corrected chi connectivity index (χ1v) is 11.7. The number of nitrogens with one attached hydrogen (secondary N) is 4. The third kappa shape index (κ3) is 3.97. The molecule has 178 valence electrons. The molecule has 0 spiro atoms. The minimum atomic E-state index is -1.08. The van der Waals surface area contributed by atoms with Gasteiger partial charge in [-0.15, -0.1) is 0 Å². The highest BCUT2D eigenvalue weighted by Crippen LogP contribution is 2.34. The Hall–Kier alpha value is -3.57. The summed E-state index contributed by atoms with van der Waals surface area (Å²) >= 11 is 0. The second kappa shape index (κ2) is 8.33. The van der Waals surface area contributed by atoms with Crippen LogP contribution in [0.5, 0.6) is 5.75 Å². The van der Waals surface area contributed by atoms with Crippen molar-refractivity contribution in [2.75, 3.05) is 42.3 Å². The standard InChI is InChI=1S/C23H29N9O2/c1-14-10-20(31-30-14)27-21-17-13-26-32(16-4-7-33-8-5-16)22(17)29-23(24,28-21)12-15-2-3-19-18(11-15)25-6-9-34-19/h2-3,10-11,13,16,25,29H,4-9,12,24H2,1H3,(H2,27,28,30,31). The summed E-state index contributed by atoms with van der Waals surface area (Å²) in [6.07, 6.45) is 4.12. The average Bonchev–Trinajstić information content (AvgIpc) is 3.45. The minimum absolute atomic E-state index is 0.242. The molecule has 0 amide bonds. The average molecular weight is 464 g/mol. The number of anilines is 3. The number of amidine groups is 1. The third-order valence-electron chi connectivity index (χ3n) is 6.38. The predicted molar refractivity (Wildman–Crippen MR) is 129 cm³/mol. The van der Waals surface area contributed by atoms with Crippen LogP contribution in [0.3, 0.4) is 0 Å². The quantitative estimate of drug-likeness (QED) is 0.397. The van der Waals surface area contributed by atoms with Crippen LogP contribution in [-0.4, -0.2) is 58.0 Å². The lowest BCUT2D eigenvalue weighted by molar-refractivity contribution is 0.0667. The van der Waals surface area contributed by atoms with Gasteiger partial charge >= 0.3 is 0 Å². The van der Waals surface area contributed by atoms with E-state index in [4.69, 9.17) is 25.3 Å². The Morgan fingerprint density at radius 1 is 1.24 bits per heavy atom. The van der Waals surface area contributed by atoms with Gasteiger partial charge < -0.3 is 25.4 Å². The molecule has 3 aromatic rings.